The van der Waals surface area contributed by atoms with Crippen molar-refractivity contribution in [2.24, 2.45) is 5.92 Å². The molecule has 0 spiro atoms. The van der Waals surface area contributed by atoms with Crippen LogP contribution in [0.5, 0.6) is 0 Å². The molecule has 3 heteroatoms. The Morgan fingerprint density at radius 1 is 1.41 bits per heavy atom. The molecule has 0 aromatic heterocycles. The molecule has 0 radical (unpaired) electrons. The number of benzene rings is 1. The van der Waals surface area contributed by atoms with Crippen molar-refractivity contribution in [3.05, 3.63) is 34.3 Å². The number of rotatable bonds is 3. The van der Waals surface area contributed by atoms with Crippen molar-refractivity contribution < 1.29 is 5.11 Å². The lowest BCUT2D eigenvalue weighted by molar-refractivity contribution is 0.0260. The van der Waals surface area contributed by atoms with Gasteiger partial charge in [-0.05, 0) is 62.9 Å². The van der Waals surface area contributed by atoms with Crippen LogP contribution in [0.25, 0.3) is 0 Å². The molecule has 17 heavy (non-hydrogen) atoms. The smallest absolute Gasteiger partial charge is 0.0871 e. The number of piperidine rings is 1. The molecular weight excluding hydrogens is 278 g/mol. The minimum absolute atomic E-state index is 0.586. The maximum atomic E-state index is 10.6. The Hall–Kier alpha value is -0.380. The second-order valence-corrected chi connectivity index (χ2v) is 6.11. The predicted molar refractivity (Wildman–Crippen MR) is 73.9 cm³/mol. The second-order valence-electron chi connectivity index (χ2n) is 5.20. The summed E-state index contributed by atoms with van der Waals surface area (Å²) in [4.78, 5) is 0. The SMILES string of the molecule is CC(O)(CC1CCCNC1)c1ccc(Br)cc1. The summed E-state index contributed by atoms with van der Waals surface area (Å²) >= 11 is 3.42. The maximum absolute atomic E-state index is 10.6. The quantitative estimate of drug-likeness (QED) is 0.899. The van der Waals surface area contributed by atoms with Crippen LogP contribution in [-0.4, -0.2) is 18.2 Å². The van der Waals surface area contributed by atoms with Gasteiger partial charge in [0.2, 0.25) is 0 Å². The number of hydrogen-bond donors (Lipinski definition) is 2. The van der Waals surface area contributed by atoms with Crippen molar-refractivity contribution in [3.8, 4) is 0 Å². The third kappa shape index (κ3) is 3.54. The molecule has 1 heterocycles. The van der Waals surface area contributed by atoms with Crippen LogP contribution in [0.2, 0.25) is 0 Å². The summed E-state index contributed by atoms with van der Waals surface area (Å²) in [6, 6.07) is 7.98. The number of halogens is 1. The molecule has 2 unspecified atom stereocenters. The van der Waals surface area contributed by atoms with Crippen LogP contribution in [0, 0.1) is 5.92 Å². The lowest BCUT2D eigenvalue weighted by atomic mass is 9.83. The van der Waals surface area contributed by atoms with Gasteiger partial charge in [-0.25, -0.2) is 0 Å². The van der Waals surface area contributed by atoms with Crippen LogP contribution in [-0.2, 0) is 5.60 Å². The van der Waals surface area contributed by atoms with E-state index in [2.05, 4.69) is 21.2 Å². The van der Waals surface area contributed by atoms with Crippen LogP contribution in [0.15, 0.2) is 28.7 Å². The van der Waals surface area contributed by atoms with E-state index >= 15 is 0 Å². The van der Waals surface area contributed by atoms with Gasteiger partial charge in [-0.15, -0.1) is 0 Å². The van der Waals surface area contributed by atoms with Crippen LogP contribution in [0.4, 0.5) is 0 Å². The van der Waals surface area contributed by atoms with Crippen molar-refractivity contribution in [1.29, 1.82) is 0 Å². The van der Waals surface area contributed by atoms with E-state index in [4.69, 9.17) is 0 Å². The summed E-state index contributed by atoms with van der Waals surface area (Å²) in [6.45, 7) is 4.08. The van der Waals surface area contributed by atoms with Gasteiger partial charge in [-0.2, -0.15) is 0 Å². The van der Waals surface area contributed by atoms with Crippen molar-refractivity contribution in [2.75, 3.05) is 13.1 Å². The summed E-state index contributed by atoms with van der Waals surface area (Å²) in [5, 5.41) is 14.0. The molecule has 0 amide bonds. The molecule has 2 N–H and O–H groups in total. The molecule has 1 fully saturated rings. The molecule has 1 aliphatic heterocycles. The Balaban J connectivity index is 2.04. The highest BCUT2D eigenvalue weighted by Gasteiger charge is 2.28. The van der Waals surface area contributed by atoms with E-state index in [-0.39, 0.29) is 0 Å². The molecule has 0 aliphatic carbocycles. The third-order valence-electron chi connectivity index (χ3n) is 3.55. The standard InChI is InChI=1S/C14H20BrNO/c1-14(17,9-11-3-2-8-16-10-11)12-4-6-13(15)7-5-12/h4-7,11,16-17H,2-3,8-10H2,1H3. The first kappa shape index (κ1) is 13.1. The topological polar surface area (TPSA) is 32.3 Å². The Morgan fingerprint density at radius 3 is 2.71 bits per heavy atom. The minimum atomic E-state index is -0.718. The van der Waals surface area contributed by atoms with E-state index in [9.17, 15) is 5.11 Å². The van der Waals surface area contributed by atoms with E-state index in [1.54, 1.807) is 0 Å². The fourth-order valence-corrected chi connectivity index (χ4v) is 2.85. The largest absolute Gasteiger partial charge is 0.385 e. The molecule has 0 bridgehead atoms. The van der Waals surface area contributed by atoms with Gasteiger partial charge in [0.05, 0.1) is 5.60 Å². The summed E-state index contributed by atoms with van der Waals surface area (Å²) in [7, 11) is 0. The van der Waals surface area contributed by atoms with Crippen molar-refractivity contribution in [2.45, 2.75) is 31.8 Å². The average Bonchev–Trinajstić information content (AvgIpc) is 2.30. The highest BCUT2D eigenvalue weighted by atomic mass is 79.9. The molecule has 1 aromatic rings. The van der Waals surface area contributed by atoms with Gasteiger partial charge in [0.15, 0.2) is 0 Å². The zero-order valence-corrected chi connectivity index (χ0v) is 11.8. The second kappa shape index (κ2) is 5.51. The van der Waals surface area contributed by atoms with Crippen molar-refractivity contribution in [1.82, 2.24) is 5.32 Å². The lowest BCUT2D eigenvalue weighted by Gasteiger charge is -2.31. The van der Waals surface area contributed by atoms with E-state index in [1.165, 1.54) is 12.8 Å². The first-order valence-corrected chi connectivity index (χ1v) is 7.06. The Kier molecular flexibility index (Phi) is 4.23. The fraction of sp³-hybridized carbons (Fsp3) is 0.571. The van der Waals surface area contributed by atoms with Gasteiger partial charge in [0, 0.05) is 4.47 Å². The van der Waals surface area contributed by atoms with Crippen molar-refractivity contribution in [3.63, 3.8) is 0 Å². The predicted octanol–water partition coefficient (Wildman–Crippen LogP) is 3.05. The number of aliphatic hydroxyl groups is 1. The fourth-order valence-electron chi connectivity index (χ4n) is 2.59. The number of nitrogens with one attached hydrogen (secondary N) is 1. The van der Waals surface area contributed by atoms with E-state index < -0.39 is 5.60 Å². The zero-order chi connectivity index (χ0) is 12.3. The van der Waals surface area contributed by atoms with Gasteiger partial charge >= 0.3 is 0 Å². The van der Waals surface area contributed by atoms with Gasteiger partial charge in [-0.1, -0.05) is 28.1 Å². The summed E-state index contributed by atoms with van der Waals surface area (Å²) in [6.07, 6.45) is 3.28. The van der Waals surface area contributed by atoms with Crippen LogP contribution in [0.1, 0.15) is 31.7 Å². The monoisotopic (exact) mass is 297 g/mol. The average molecular weight is 298 g/mol. The Bertz CT molecular complexity index is 355. The van der Waals surface area contributed by atoms with Gasteiger partial charge in [-0.3, -0.25) is 0 Å². The van der Waals surface area contributed by atoms with Gasteiger partial charge in [0.1, 0.15) is 0 Å². The third-order valence-corrected chi connectivity index (χ3v) is 4.08. The molecule has 1 saturated heterocycles. The van der Waals surface area contributed by atoms with Crippen LogP contribution in [0.3, 0.4) is 0 Å². The first-order chi connectivity index (χ1) is 8.08. The summed E-state index contributed by atoms with van der Waals surface area (Å²) in [5.74, 6) is 0.586. The highest BCUT2D eigenvalue weighted by Crippen LogP contribution is 2.31. The molecule has 2 atom stereocenters. The van der Waals surface area contributed by atoms with Crippen molar-refractivity contribution >= 4 is 15.9 Å². The molecule has 94 valence electrons. The molecule has 1 aliphatic rings. The summed E-state index contributed by atoms with van der Waals surface area (Å²) < 4.78 is 1.05. The number of hydrogen-bond acceptors (Lipinski definition) is 2. The van der Waals surface area contributed by atoms with E-state index in [0.717, 1.165) is 29.5 Å². The maximum Gasteiger partial charge on any atom is 0.0871 e. The zero-order valence-electron chi connectivity index (χ0n) is 10.2. The van der Waals surface area contributed by atoms with Crippen LogP contribution >= 0.6 is 15.9 Å². The van der Waals surface area contributed by atoms with Gasteiger partial charge in [0.25, 0.3) is 0 Å². The first-order valence-electron chi connectivity index (χ1n) is 6.27. The minimum Gasteiger partial charge on any atom is -0.385 e. The molecular formula is C14H20BrNO. The van der Waals surface area contributed by atoms with E-state index in [1.807, 2.05) is 31.2 Å². The van der Waals surface area contributed by atoms with Gasteiger partial charge < -0.3 is 10.4 Å². The van der Waals surface area contributed by atoms with E-state index in [0.29, 0.717) is 5.92 Å². The Morgan fingerprint density at radius 2 is 2.12 bits per heavy atom. The lowest BCUT2D eigenvalue weighted by Crippen LogP contribution is -2.34. The molecule has 2 rings (SSSR count). The molecule has 2 nitrogen and oxygen atoms in total. The van der Waals surface area contributed by atoms with Crippen LogP contribution < -0.4 is 5.32 Å². The summed E-state index contributed by atoms with van der Waals surface area (Å²) in [5.41, 5.74) is 0.288. The highest BCUT2D eigenvalue weighted by molar-refractivity contribution is 9.10. The normalized spacial score (nSPS) is 24.3. The molecule has 0 saturated carbocycles. The Labute approximate surface area is 112 Å². The molecule has 1 aromatic carbocycles.